The summed E-state index contributed by atoms with van der Waals surface area (Å²) in [5.41, 5.74) is 0.793. The molecular weight excluding hydrogens is 460 g/mol. The van der Waals surface area contributed by atoms with Gasteiger partial charge in [0, 0.05) is 52.0 Å². The van der Waals surface area contributed by atoms with Gasteiger partial charge in [-0.05, 0) is 43.2 Å². The number of guanidine groups is 1. The van der Waals surface area contributed by atoms with Crippen LogP contribution in [0.2, 0.25) is 0 Å². The average Bonchev–Trinajstić information content (AvgIpc) is 3.43. The first-order chi connectivity index (χ1) is 12.8. The van der Waals surface area contributed by atoms with Gasteiger partial charge in [-0.2, -0.15) is 0 Å². The molecule has 2 unspecified atom stereocenters. The molecule has 27 heavy (non-hydrogen) atoms. The van der Waals surface area contributed by atoms with Gasteiger partial charge in [0.2, 0.25) is 0 Å². The number of hydrogen-bond donors (Lipinski definition) is 2. The third-order valence-electron chi connectivity index (χ3n) is 5.09. The van der Waals surface area contributed by atoms with Crippen LogP contribution in [0.3, 0.4) is 0 Å². The summed E-state index contributed by atoms with van der Waals surface area (Å²) in [5, 5.41) is 6.69. The smallest absolute Gasteiger partial charge is 0.191 e. The van der Waals surface area contributed by atoms with Crippen LogP contribution in [0.4, 0.5) is 4.39 Å². The topological polar surface area (TPSA) is 54.9 Å². The van der Waals surface area contributed by atoms with Crippen LogP contribution in [0.1, 0.15) is 37.2 Å². The van der Waals surface area contributed by atoms with Crippen molar-refractivity contribution in [2.24, 2.45) is 10.9 Å². The van der Waals surface area contributed by atoms with Crippen LogP contribution in [0, 0.1) is 11.7 Å². The number of rotatable bonds is 8. The zero-order chi connectivity index (χ0) is 18.2. The molecule has 0 amide bonds. The second-order valence-electron chi connectivity index (χ2n) is 7.10. The molecule has 0 radical (unpaired) electrons. The quantitative estimate of drug-likeness (QED) is 0.254. The van der Waals surface area contributed by atoms with Crippen molar-refractivity contribution in [3.63, 3.8) is 0 Å². The van der Waals surface area contributed by atoms with E-state index in [1.807, 2.05) is 12.1 Å². The Morgan fingerprint density at radius 1 is 1.30 bits per heavy atom. The number of halogens is 2. The fraction of sp³-hybridized carbons (Fsp3) is 0.650. The fourth-order valence-electron chi connectivity index (χ4n) is 3.39. The predicted molar refractivity (Wildman–Crippen MR) is 116 cm³/mol. The van der Waals surface area contributed by atoms with Gasteiger partial charge in [-0.25, -0.2) is 4.39 Å². The van der Waals surface area contributed by atoms with Crippen molar-refractivity contribution in [3.8, 4) is 0 Å². The van der Waals surface area contributed by atoms with Crippen LogP contribution < -0.4 is 10.6 Å². The summed E-state index contributed by atoms with van der Waals surface area (Å²) in [5.74, 6) is 1.54. The molecule has 0 spiro atoms. The highest BCUT2D eigenvalue weighted by Gasteiger charge is 2.40. The lowest BCUT2D eigenvalue weighted by Gasteiger charge is -2.21. The zero-order valence-electron chi connectivity index (χ0n) is 16.0. The van der Waals surface area contributed by atoms with Crippen molar-refractivity contribution >= 4 is 29.9 Å². The summed E-state index contributed by atoms with van der Waals surface area (Å²) in [7, 11) is 1.76. The summed E-state index contributed by atoms with van der Waals surface area (Å²) in [4.78, 5) is 4.26. The van der Waals surface area contributed by atoms with Gasteiger partial charge in [0.1, 0.15) is 5.82 Å². The molecular formula is C20H31FIN3O2. The molecule has 1 saturated carbocycles. The van der Waals surface area contributed by atoms with E-state index in [4.69, 9.17) is 9.47 Å². The van der Waals surface area contributed by atoms with E-state index < -0.39 is 0 Å². The van der Waals surface area contributed by atoms with Gasteiger partial charge in [0.05, 0.1) is 0 Å². The van der Waals surface area contributed by atoms with Gasteiger partial charge < -0.3 is 20.1 Å². The second kappa shape index (κ2) is 11.8. The first-order valence-corrected chi connectivity index (χ1v) is 9.65. The van der Waals surface area contributed by atoms with E-state index in [1.165, 1.54) is 6.07 Å². The molecule has 1 aliphatic heterocycles. The van der Waals surface area contributed by atoms with Crippen molar-refractivity contribution in [3.05, 3.63) is 35.6 Å². The van der Waals surface area contributed by atoms with Crippen molar-refractivity contribution in [2.45, 2.75) is 37.6 Å². The van der Waals surface area contributed by atoms with Gasteiger partial charge >= 0.3 is 0 Å². The summed E-state index contributed by atoms with van der Waals surface area (Å²) >= 11 is 0. The molecule has 2 aliphatic rings. The fourth-order valence-corrected chi connectivity index (χ4v) is 3.39. The number of benzene rings is 1. The zero-order valence-corrected chi connectivity index (χ0v) is 18.3. The first kappa shape index (κ1) is 22.4. The highest BCUT2D eigenvalue weighted by Crippen LogP contribution is 2.41. The second-order valence-corrected chi connectivity index (χ2v) is 7.10. The first-order valence-electron chi connectivity index (χ1n) is 9.65. The lowest BCUT2D eigenvalue weighted by Crippen LogP contribution is -2.39. The summed E-state index contributed by atoms with van der Waals surface area (Å²) in [6.07, 6.45) is 4.10. The maximum absolute atomic E-state index is 13.8. The molecule has 1 saturated heterocycles. The largest absolute Gasteiger partial charge is 0.381 e. The lowest BCUT2D eigenvalue weighted by molar-refractivity contribution is 0.0203. The van der Waals surface area contributed by atoms with E-state index >= 15 is 0 Å². The normalized spacial score (nSPS) is 22.8. The third kappa shape index (κ3) is 7.19. The molecule has 5 nitrogen and oxygen atoms in total. The summed E-state index contributed by atoms with van der Waals surface area (Å²) in [6.45, 7) is 4.13. The maximum Gasteiger partial charge on any atom is 0.191 e. The Hall–Kier alpha value is -0.930. The molecule has 3 rings (SSSR count). The van der Waals surface area contributed by atoms with Crippen molar-refractivity contribution in [1.29, 1.82) is 0 Å². The monoisotopic (exact) mass is 491 g/mol. The number of nitrogens with zero attached hydrogens (tertiary/aromatic N) is 1. The Kier molecular flexibility index (Phi) is 9.78. The van der Waals surface area contributed by atoms with Gasteiger partial charge in [0.25, 0.3) is 0 Å². The Bertz CT molecular complexity index is 596. The highest BCUT2D eigenvalue weighted by molar-refractivity contribution is 14.0. The van der Waals surface area contributed by atoms with Crippen molar-refractivity contribution < 1.29 is 13.9 Å². The number of aliphatic imine (C=N–C) groups is 1. The molecule has 1 aliphatic carbocycles. The van der Waals surface area contributed by atoms with Crippen LogP contribution in [0.25, 0.3) is 0 Å². The number of nitrogens with one attached hydrogen (secondary N) is 2. The van der Waals surface area contributed by atoms with Gasteiger partial charge in [-0.3, -0.25) is 4.99 Å². The summed E-state index contributed by atoms with van der Waals surface area (Å²) in [6, 6.07) is 7.27. The SMILES string of the molecule is CN=C(NCCCOCC1CCOCC1)NC1CC1c1ccccc1F.I. The average molecular weight is 491 g/mol. The Balaban J connectivity index is 0.00000261. The van der Waals surface area contributed by atoms with E-state index in [9.17, 15) is 4.39 Å². The Morgan fingerprint density at radius 2 is 2.07 bits per heavy atom. The van der Waals surface area contributed by atoms with E-state index in [1.54, 1.807) is 13.1 Å². The molecule has 0 aromatic heterocycles. The van der Waals surface area contributed by atoms with Crippen molar-refractivity contribution in [1.82, 2.24) is 10.6 Å². The van der Waals surface area contributed by atoms with Crippen LogP contribution in [-0.2, 0) is 9.47 Å². The van der Waals surface area contributed by atoms with Gasteiger partial charge in [-0.1, -0.05) is 18.2 Å². The van der Waals surface area contributed by atoms with Crippen LogP contribution in [0.5, 0.6) is 0 Å². The van der Waals surface area contributed by atoms with Crippen LogP contribution in [0.15, 0.2) is 29.3 Å². The van der Waals surface area contributed by atoms with E-state index in [-0.39, 0.29) is 41.8 Å². The standard InChI is InChI=1S/C20H30FN3O2.HI/c1-22-20(23-9-4-10-26-14-15-7-11-25-12-8-15)24-19-13-17(19)16-5-2-3-6-18(16)21;/h2-3,5-6,15,17,19H,4,7-14H2,1H3,(H2,22,23,24);1H. The Morgan fingerprint density at radius 3 is 2.81 bits per heavy atom. The molecule has 2 fully saturated rings. The third-order valence-corrected chi connectivity index (χ3v) is 5.09. The Labute approximate surface area is 178 Å². The minimum Gasteiger partial charge on any atom is -0.381 e. The van der Waals surface area contributed by atoms with Crippen LogP contribution >= 0.6 is 24.0 Å². The van der Waals surface area contributed by atoms with Crippen LogP contribution in [-0.4, -0.2) is 52.0 Å². The molecule has 1 heterocycles. The molecule has 1 aromatic rings. The van der Waals surface area contributed by atoms with E-state index in [2.05, 4.69) is 15.6 Å². The minimum atomic E-state index is -0.119. The molecule has 1 aromatic carbocycles. The van der Waals surface area contributed by atoms with Crippen molar-refractivity contribution in [2.75, 3.05) is 40.0 Å². The molecule has 0 bridgehead atoms. The molecule has 152 valence electrons. The number of hydrogen-bond acceptors (Lipinski definition) is 3. The predicted octanol–water partition coefficient (Wildman–Crippen LogP) is 3.30. The molecule has 2 atom stereocenters. The molecule has 7 heteroatoms. The van der Waals surface area contributed by atoms with E-state index in [0.29, 0.717) is 5.92 Å². The maximum atomic E-state index is 13.8. The highest BCUT2D eigenvalue weighted by atomic mass is 127. The molecule has 2 N–H and O–H groups in total. The summed E-state index contributed by atoms with van der Waals surface area (Å²) < 4.78 is 25.0. The lowest BCUT2D eigenvalue weighted by atomic mass is 10.0. The van der Waals surface area contributed by atoms with E-state index in [0.717, 1.165) is 70.2 Å². The van der Waals surface area contributed by atoms with Gasteiger partial charge in [0.15, 0.2) is 5.96 Å². The van der Waals surface area contributed by atoms with Gasteiger partial charge in [-0.15, -0.1) is 24.0 Å². The minimum absolute atomic E-state index is 0. The number of ether oxygens (including phenoxy) is 2.